The van der Waals surface area contributed by atoms with Gasteiger partial charge >= 0.3 is 6.03 Å². The number of fused-ring (bicyclic) bond motifs is 1. The van der Waals surface area contributed by atoms with Crippen molar-refractivity contribution in [3.63, 3.8) is 0 Å². The highest BCUT2D eigenvalue weighted by atomic mass is 16.5. The molecule has 1 aromatic rings. The van der Waals surface area contributed by atoms with Crippen molar-refractivity contribution in [1.82, 2.24) is 10.2 Å². The van der Waals surface area contributed by atoms with Crippen LogP contribution in [0.2, 0.25) is 0 Å². The van der Waals surface area contributed by atoms with E-state index in [-0.39, 0.29) is 17.7 Å². The Hall–Kier alpha value is -1.79. The molecule has 3 fully saturated rings. The Morgan fingerprint density at radius 3 is 2.63 bits per heavy atom. The van der Waals surface area contributed by atoms with E-state index in [1.54, 1.807) is 0 Å². The van der Waals surface area contributed by atoms with Crippen molar-refractivity contribution >= 4 is 11.7 Å². The van der Waals surface area contributed by atoms with Crippen molar-refractivity contribution in [1.29, 1.82) is 0 Å². The second kappa shape index (κ2) is 8.48. The van der Waals surface area contributed by atoms with E-state index in [1.165, 1.54) is 45.2 Å². The zero-order chi connectivity index (χ0) is 18.5. The van der Waals surface area contributed by atoms with Crippen molar-refractivity contribution in [3.8, 4) is 5.75 Å². The SMILES string of the molecule is O=C(NCC12CCCN1CCC2)Nc1ccc(OC[C@@H]2CCCCO2)cc1. The normalized spacial score (nSPS) is 24.4. The predicted octanol–water partition coefficient (Wildman–Crippen LogP) is 3.38. The van der Waals surface area contributed by atoms with Crippen molar-refractivity contribution in [2.75, 3.05) is 38.2 Å². The summed E-state index contributed by atoms with van der Waals surface area (Å²) in [6.07, 6.45) is 8.52. The number of anilines is 1. The molecule has 0 aliphatic carbocycles. The maximum absolute atomic E-state index is 12.3. The van der Waals surface area contributed by atoms with E-state index < -0.39 is 0 Å². The first-order valence-electron chi connectivity index (χ1n) is 10.4. The van der Waals surface area contributed by atoms with Gasteiger partial charge in [-0.25, -0.2) is 4.79 Å². The molecule has 0 spiro atoms. The second-order valence-electron chi connectivity index (χ2n) is 8.05. The van der Waals surface area contributed by atoms with Gasteiger partial charge in [-0.15, -0.1) is 0 Å². The third kappa shape index (κ3) is 4.55. The largest absolute Gasteiger partial charge is 0.491 e. The quantitative estimate of drug-likeness (QED) is 0.802. The lowest BCUT2D eigenvalue weighted by atomic mass is 9.94. The van der Waals surface area contributed by atoms with Crippen molar-refractivity contribution in [2.45, 2.75) is 56.6 Å². The van der Waals surface area contributed by atoms with Gasteiger partial charge in [0.2, 0.25) is 0 Å². The topological polar surface area (TPSA) is 62.8 Å². The molecule has 3 aliphatic rings. The van der Waals surface area contributed by atoms with Crippen LogP contribution in [0.15, 0.2) is 24.3 Å². The van der Waals surface area contributed by atoms with Crippen molar-refractivity contribution in [2.24, 2.45) is 0 Å². The van der Waals surface area contributed by atoms with E-state index in [0.717, 1.165) is 37.4 Å². The average molecular weight is 373 g/mol. The molecule has 0 unspecified atom stereocenters. The van der Waals surface area contributed by atoms with E-state index in [1.807, 2.05) is 24.3 Å². The molecule has 148 valence electrons. The Balaban J connectivity index is 1.21. The fourth-order valence-corrected chi connectivity index (χ4v) is 4.70. The molecule has 0 bridgehead atoms. The van der Waals surface area contributed by atoms with Crippen LogP contribution in [-0.2, 0) is 4.74 Å². The minimum Gasteiger partial charge on any atom is -0.491 e. The summed E-state index contributed by atoms with van der Waals surface area (Å²) in [4.78, 5) is 14.8. The molecule has 6 heteroatoms. The molecular weight excluding hydrogens is 342 g/mol. The van der Waals surface area contributed by atoms with Gasteiger partial charge in [0.05, 0.1) is 6.10 Å². The Labute approximate surface area is 161 Å². The van der Waals surface area contributed by atoms with Crippen LogP contribution >= 0.6 is 0 Å². The molecular formula is C21H31N3O3. The van der Waals surface area contributed by atoms with Crippen LogP contribution in [0, 0.1) is 0 Å². The number of amides is 2. The van der Waals surface area contributed by atoms with Gasteiger partial charge < -0.3 is 20.1 Å². The van der Waals surface area contributed by atoms with Crippen LogP contribution in [0.4, 0.5) is 10.5 Å². The van der Waals surface area contributed by atoms with Gasteiger partial charge in [-0.05, 0) is 82.3 Å². The molecule has 0 saturated carbocycles. The molecule has 3 aliphatic heterocycles. The molecule has 2 amide bonds. The number of nitrogens with one attached hydrogen (secondary N) is 2. The molecule has 3 heterocycles. The standard InChI is InChI=1S/C21H31N3O3/c25-20(22-16-21-10-3-12-24(21)13-4-11-21)23-17-6-8-18(9-7-17)27-15-19-5-1-2-14-26-19/h6-9,19H,1-5,10-16H2,(H2,22,23,25)/t19-/m0/s1. The zero-order valence-corrected chi connectivity index (χ0v) is 16.0. The number of carbonyl (C=O) groups excluding carboxylic acids is 1. The van der Waals surface area contributed by atoms with Crippen molar-refractivity contribution in [3.05, 3.63) is 24.3 Å². The number of carbonyl (C=O) groups is 1. The van der Waals surface area contributed by atoms with Gasteiger partial charge in [0.15, 0.2) is 0 Å². The minimum atomic E-state index is -0.132. The number of benzene rings is 1. The monoisotopic (exact) mass is 373 g/mol. The number of hydrogen-bond acceptors (Lipinski definition) is 4. The molecule has 0 aromatic heterocycles. The predicted molar refractivity (Wildman–Crippen MR) is 105 cm³/mol. The fourth-order valence-electron chi connectivity index (χ4n) is 4.70. The summed E-state index contributed by atoms with van der Waals surface area (Å²) in [5.74, 6) is 0.807. The zero-order valence-electron chi connectivity index (χ0n) is 16.0. The van der Waals surface area contributed by atoms with Gasteiger partial charge in [-0.3, -0.25) is 4.90 Å². The maximum Gasteiger partial charge on any atom is 0.319 e. The first-order chi connectivity index (χ1) is 13.2. The van der Waals surface area contributed by atoms with Crippen LogP contribution < -0.4 is 15.4 Å². The number of rotatable bonds is 6. The van der Waals surface area contributed by atoms with Crippen molar-refractivity contribution < 1.29 is 14.3 Å². The summed E-state index contributed by atoms with van der Waals surface area (Å²) in [5.41, 5.74) is 0.983. The lowest BCUT2D eigenvalue weighted by Crippen LogP contribution is -2.49. The summed E-state index contributed by atoms with van der Waals surface area (Å²) in [7, 11) is 0. The van der Waals surface area contributed by atoms with E-state index in [0.29, 0.717) is 6.61 Å². The maximum atomic E-state index is 12.3. The third-order valence-corrected chi connectivity index (χ3v) is 6.21. The first kappa shape index (κ1) is 18.6. The molecule has 0 radical (unpaired) electrons. The van der Waals surface area contributed by atoms with Crippen LogP contribution in [0.3, 0.4) is 0 Å². The highest BCUT2D eigenvalue weighted by molar-refractivity contribution is 5.89. The summed E-state index contributed by atoms with van der Waals surface area (Å²) in [5, 5.41) is 6.00. The van der Waals surface area contributed by atoms with E-state index in [9.17, 15) is 4.79 Å². The van der Waals surface area contributed by atoms with Crippen LogP contribution in [0.25, 0.3) is 0 Å². The van der Waals surface area contributed by atoms with Gasteiger partial charge in [0, 0.05) is 24.4 Å². The molecule has 27 heavy (non-hydrogen) atoms. The number of nitrogens with zero attached hydrogens (tertiary/aromatic N) is 1. The van der Waals surface area contributed by atoms with Gasteiger partial charge in [-0.2, -0.15) is 0 Å². The second-order valence-corrected chi connectivity index (χ2v) is 8.05. The molecule has 6 nitrogen and oxygen atoms in total. The Bertz CT molecular complexity index is 618. The minimum absolute atomic E-state index is 0.132. The highest BCUT2D eigenvalue weighted by Crippen LogP contribution is 2.38. The third-order valence-electron chi connectivity index (χ3n) is 6.21. The summed E-state index contributed by atoms with van der Waals surface area (Å²) >= 11 is 0. The Kier molecular flexibility index (Phi) is 5.83. The van der Waals surface area contributed by atoms with Crippen LogP contribution in [0.1, 0.15) is 44.9 Å². The highest BCUT2D eigenvalue weighted by Gasteiger charge is 2.44. The number of hydrogen-bond donors (Lipinski definition) is 2. The summed E-state index contributed by atoms with van der Waals surface area (Å²) < 4.78 is 11.5. The van der Waals surface area contributed by atoms with Gasteiger partial charge in [-0.1, -0.05) is 0 Å². The smallest absolute Gasteiger partial charge is 0.319 e. The molecule has 3 saturated heterocycles. The lowest BCUT2D eigenvalue weighted by Gasteiger charge is -2.32. The first-order valence-corrected chi connectivity index (χ1v) is 10.4. The van der Waals surface area contributed by atoms with Crippen LogP contribution in [-0.4, -0.2) is 55.4 Å². The van der Waals surface area contributed by atoms with Gasteiger partial charge in [0.25, 0.3) is 0 Å². The fraction of sp³-hybridized carbons (Fsp3) is 0.667. The molecule has 2 N–H and O–H groups in total. The Morgan fingerprint density at radius 2 is 1.93 bits per heavy atom. The molecule has 1 atom stereocenters. The molecule has 4 rings (SSSR count). The number of ether oxygens (including phenoxy) is 2. The Morgan fingerprint density at radius 1 is 1.15 bits per heavy atom. The summed E-state index contributed by atoms with van der Waals surface area (Å²) in [6, 6.07) is 7.42. The molecule has 1 aromatic carbocycles. The average Bonchev–Trinajstić information content (AvgIpc) is 3.27. The van der Waals surface area contributed by atoms with E-state index >= 15 is 0 Å². The summed E-state index contributed by atoms with van der Waals surface area (Å²) in [6.45, 7) is 4.52. The lowest BCUT2D eigenvalue weighted by molar-refractivity contribution is -0.0110. The van der Waals surface area contributed by atoms with E-state index in [2.05, 4.69) is 15.5 Å². The van der Waals surface area contributed by atoms with Gasteiger partial charge in [0.1, 0.15) is 12.4 Å². The van der Waals surface area contributed by atoms with Crippen LogP contribution in [0.5, 0.6) is 5.75 Å². The van der Waals surface area contributed by atoms with E-state index in [4.69, 9.17) is 9.47 Å². The number of urea groups is 1.